The molecule has 6 heteroatoms. The summed E-state index contributed by atoms with van der Waals surface area (Å²) < 4.78 is 33.5. The first kappa shape index (κ1) is 19.5. The van der Waals surface area contributed by atoms with E-state index in [0.717, 1.165) is 29.1 Å². The summed E-state index contributed by atoms with van der Waals surface area (Å²) in [7, 11) is 0. The lowest BCUT2D eigenvalue weighted by Gasteiger charge is -2.10. The van der Waals surface area contributed by atoms with Gasteiger partial charge in [0.25, 0.3) is 0 Å². The second-order valence-corrected chi connectivity index (χ2v) is 6.48. The van der Waals surface area contributed by atoms with Crippen molar-refractivity contribution in [3.63, 3.8) is 0 Å². The maximum Gasteiger partial charge on any atom is 0.341 e. The molecule has 0 spiro atoms. The second kappa shape index (κ2) is 8.17. The van der Waals surface area contributed by atoms with Crippen molar-refractivity contribution in [3.8, 4) is 0 Å². The molecule has 28 heavy (non-hydrogen) atoms. The van der Waals surface area contributed by atoms with E-state index in [-0.39, 0.29) is 5.78 Å². The minimum Gasteiger partial charge on any atom is -0.454 e. The van der Waals surface area contributed by atoms with E-state index in [9.17, 15) is 18.4 Å². The molecule has 0 aliphatic carbocycles. The van der Waals surface area contributed by atoms with Gasteiger partial charge in [0.15, 0.2) is 6.61 Å². The molecule has 3 aromatic rings. The predicted octanol–water partition coefficient (Wildman–Crippen LogP) is 4.47. The van der Waals surface area contributed by atoms with Crippen molar-refractivity contribution in [3.05, 3.63) is 94.3 Å². The third-order valence-electron chi connectivity index (χ3n) is 4.54. The lowest BCUT2D eigenvalue weighted by Crippen LogP contribution is -2.16. The number of hydrogen-bond acceptors (Lipinski definition) is 3. The number of aromatic nitrogens is 1. The van der Waals surface area contributed by atoms with Crippen molar-refractivity contribution in [2.45, 2.75) is 20.4 Å². The molecule has 0 aliphatic heterocycles. The highest BCUT2D eigenvalue weighted by Crippen LogP contribution is 2.18. The van der Waals surface area contributed by atoms with Crippen LogP contribution in [0.15, 0.2) is 54.6 Å². The molecule has 0 radical (unpaired) electrons. The van der Waals surface area contributed by atoms with Crippen molar-refractivity contribution in [1.82, 2.24) is 4.57 Å². The number of hydrogen-bond donors (Lipinski definition) is 0. The Hall–Kier alpha value is -3.28. The number of esters is 1. The summed E-state index contributed by atoms with van der Waals surface area (Å²) in [6.07, 6.45) is 0. The lowest BCUT2D eigenvalue weighted by atomic mass is 10.1. The van der Waals surface area contributed by atoms with Gasteiger partial charge in [-0.1, -0.05) is 30.3 Å². The van der Waals surface area contributed by atoms with Gasteiger partial charge in [0.05, 0.1) is 5.56 Å². The molecule has 1 aromatic heterocycles. The standard InChI is InChI=1S/C22H19F2NO3/c1-14-10-19(15(2)25(14)12-16-6-4-3-5-7-16)21(26)13-28-22(27)18-9-8-17(23)11-20(18)24/h3-11H,12-13H2,1-2H3. The zero-order valence-electron chi connectivity index (χ0n) is 15.5. The van der Waals surface area contributed by atoms with Gasteiger partial charge in [0, 0.05) is 29.6 Å². The highest BCUT2D eigenvalue weighted by atomic mass is 19.1. The Labute approximate surface area is 161 Å². The van der Waals surface area contributed by atoms with Crippen molar-refractivity contribution in [1.29, 1.82) is 0 Å². The minimum atomic E-state index is -1.03. The predicted molar refractivity (Wildman–Crippen MR) is 100 cm³/mol. The molecule has 144 valence electrons. The molecule has 0 amide bonds. The largest absolute Gasteiger partial charge is 0.454 e. The van der Waals surface area contributed by atoms with Gasteiger partial charge < -0.3 is 9.30 Å². The van der Waals surface area contributed by atoms with Crippen LogP contribution in [0.3, 0.4) is 0 Å². The van der Waals surface area contributed by atoms with Gasteiger partial charge in [-0.05, 0) is 37.6 Å². The number of ether oxygens (including phenoxy) is 1. The summed E-state index contributed by atoms with van der Waals surface area (Å²) in [5.74, 6) is -3.22. The van der Waals surface area contributed by atoms with Gasteiger partial charge in [0.2, 0.25) is 5.78 Å². The normalized spacial score (nSPS) is 10.7. The summed E-state index contributed by atoms with van der Waals surface area (Å²) in [5.41, 5.74) is 2.79. The number of carbonyl (C=O) groups excluding carboxylic acids is 2. The Morgan fingerprint density at radius 1 is 0.964 bits per heavy atom. The first-order chi connectivity index (χ1) is 13.4. The number of ketones is 1. The maximum atomic E-state index is 13.6. The average Bonchev–Trinajstić information content (AvgIpc) is 2.95. The van der Waals surface area contributed by atoms with Crippen molar-refractivity contribution < 1.29 is 23.1 Å². The van der Waals surface area contributed by atoms with Crippen LogP contribution in [0.2, 0.25) is 0 Å². The first-order valence-corrected chi connectivity index (χ1v) is 8.73. The van der Waals surface area contributed by atoms with E-state index >= 15 is 0 Å². The van der Waals surface area contributed by atoms with E-state index in [1.165, 1.54) is 0 Å². The molecule has 0 saturated heterocycles. The fourth-order valence-electron chi connectivity index (χ4n) is 3.03. The number of halogens is 2. The van der Waals surface area contributed by atoms with E-state index < -0.39 is 29.8 Å². The first-order valence-electron chi connectivity index (χ1n) is 8.73. The summed E-state index contributed by atoms with van der Waals surface area (Å²) in [6.45, 7) is 3.81. The number of nitrogens with zero attached hydrogens (tertiary/aromatic N) is 1. The topological polar surface area (TPSA) is 48.3 Å². The zero-order chi connectivity index (χ0) is 20.3. The van der Waals surface area contributed by atoms with Crippen LogP contribution in [-0.4, -0.2) is 22.9 Å². The Kier molecular flexibility index (Phi) is 5.68. The van der Waals surface area contributed by atoms with Crippen LogP contribution in [0, 0.1) is 25.5 Å². The van der Waals surface area contributed by atoms with Gasteiger partial charge in [-0.25, -0.2) is 13.6 Å². The number of benzene rings is 2. The van der Waals surface area contributed by atoms with E-state index in [0.29, 0.717) is 18.2 Å². The van der Waals surface area contributed by atoms with Gasteiger partial charge in [-0.15, -0.1) is 0 Å². The van der Waals surface area contributed by atoms with E-state index in [1.807, 2.05) is 48.7 Å². The lowest BCUT2D eigenvalue weighted by molar-refractivity contribution is 0.0469. The molecule has 0 aliphatic rings. The third kappa shape index (κ3) is 4.17. The number of carbonyl (C=O) groups is 2. The minimum absolute atomic E-state index is 0.386. The van der Waals surface area contributed by atoms with Crippen molar-refractivity contribution in [2.75, 3.05) is 6.61 Å². The fraction of sp³-hybridized carbons (Fsp3) is 0.182. The molecule has 0 atom stereocenters. The molecule has 0 N–H and O–H groups in total. The van der Waals surface area contributed by atoms with Crippen LogP contribution >= 0.6 is 0 Å². The summed E-state index contributed by atoms with van der Waals surface area (Å²) in [5, 5.41) is 0. The molecular formula is C22H19F2NO3. The van der Waals surface area contributed by atoms with Crippen LogP contribution in [0.5, 0.6) is 0 Å². The monoisotopic (exact) mass is 383 g/mol. The van der Waals surface area contributed by atoms with Crippen LogP contribution in [0.25, 0.3) is 0 Å². The second-order valence-electron chi connectivity index (χ2n) is 6.48. The molecule has 0 saturated carbocycles. The van der Waals surface area contributed by atoms with E-state index in [1.54, 1.807) is 6.07 Å². The van der Waals surface area contributed by atoms with Gasteiger partial charge in [0.1, 0.15) is 11.6 Å². The van der Waals surface area contributed by atoms with Crippen molar-refractivity contribution in [2.24, 2.45) is 0 Å². The molecule has 3 rings (SSSR count). The SMILES string of the molecule is Cc1cc(C(=O)COC(=O)c2ccc(F)cc2F)c(C)n1Cc1ccccc1. The van der Waals surface area contributed by atoms with Gasteiger partial charge in [-0.3, -0.25) is 4.79 Å². The molecule has 0 unspecified atom stereocenters. The van der Waals surface area contributed by atoms with Crippen molar-refractivity contribution >= 4 is 11.8 Å². The Balaban J connectivity index is 1.71. The maximum absolute atomic E-state index is 13.6. The smallest absolute Gasteiger partial charge is 0.341 e. The quantitative estimate of drug-likeness (QED) is 0.466. The highest BCUT2D eigenvalue weighted by molar-refractivity contribution is 6.00. The van der Waals surface area contributed by atoms with E-state index in [4.69, 9.17) is 4.74 Å². The average molecular weight is 383 g/mol. The molecule has 1 heterocycles. The Bertz CT molecular complexity index is 1030. The fourth-order valence-corrected chi connectivity index (χ4v) is 3.03. The van der Waals surface area contributed by atoms with Crippen LogP contribution < -0.4 is 0 Å². The molecule has 2 aromatic carbocycles. The zero-order valence-corrected chi connectivity index (χ0v) is 15.5. The molecular weight excluding hydrogens is 364 g/mol. The highest BCUT2D eigenvalue weighted by Gasteiger charge is 2.19. The van der Waals surface area contributed by atoms with Crippen LogP contribution in [-0.2, 0) is 11.3 Å². The third-order valence-corrected chi connectivity index (χ3v) is 4.54. The number of rotatable bonds is 6. The van der Waals surface area contributed by atoms with E-state index in [2.05, 4.69) is 0 Å². The van der Waals surface area contributed by atoms with Crippen LogP contribution in [0.1, 0.15) is 37.7 Å². The molecule has 4 nitrogen and oxygen atoms in total. The van der Waals surface area contributed by atoms with Gasteiger partial charge >= 0.3 is 5.97 Å². The summed E-state index contributed by atoms with van der Waals surface area (Å²) in [6, 6.07) is 14.1. The molecule has 0 bridgehead atoms. The summed E-state index contributed by atoms with van der Waals surface area (Å²) >= 11 is 0. The Morgan fingerprint density at radius 2 is 1.68 bits per heavy atom. The van der Waals surface area contributed by atoms with Gasteiger partial charge in [-0.2, -0.15) is 0 Å². The number of Topliss-reactive ketones (excluding diaryl/α,β-unsaturated/α-hetero) is 1. The number of aryl methyl sites for hydroxylation is 1. The molecule has 0 fully saturated rings. The Morgan fingerprint density at radius 3 is 2.36 bits per heavy atom. The van der Waals surface area contributed by atoms with Crippen LogP contribution in [0.4, 0.5) is 8.78 Å². The summed E-state index contributed by atoms with van der Waals surface area (Å²) in [4.78, 5) is 24.5.